The third-order valence-electron chi connectivity index (χ3n) is 22.8. The van der Waals surface area contributed by atoms with Gasteiger partial charge in [-0.05, 0) is 255 Å². The molecule has 16 aromatic carbocycles. The van der Waals surface area contributed by atoms with Crippen molar-refractivity contribution in [2.45, 2.75) is 10.8 Å². The molecule has 0 N–H and O–H groups in total. The number of nitrogens with zero attached hydrogens (tertiary/aromatic N) is 2. The monoisotopic (exact) mass is 1490 g/mol. The minimum Gasteiger partial charge on any atom is -0.457 e. The number of hydrogen-bond donors (Lipinski definition) is 0. The second-order valence-corrected chi connectivity index (χ2v) is 32.4. The van der Waals surface area contributed by atoms with Crippen molar-refractivity contribution >= 4 is 75.1 Å². The second kappa shape index (κ2) is 27.8. The van der Waals surface area contributed by atoms with Crippen LogP contribution in [-0.4, -0.2) is 8.07 Å². The largest absolute Gasteiger partial charge is 0.457 e. The van der Waals surface area contributed by atoms with E-state index < -0.39 is 53.8 Å². The van der Waals surface area contributed by atoms with Gasteiger partial charge in [-0.1, -0.05) is 232 Å². The summed E-state index contributed by atoms with van der Waals surface area (Å²) in [5.74, 6) is -2.42. The molecule has 0 radical (unpaired) electrons. The van der Waals surface area contributed by atoms with Crippen LogP contribution >= 0.6 is 0 Å². The van der Waals surface area contributed by atoms with Gasteiger partial charge in [-0.3, -0.25) is 0 Å². The van der Waals surface area contributed by atoms with Crippen molar-refractivity contribution in [3.05, 3.63) is 468 Å². The van der Waals surface area contributed by atoms with Gasteiger partial charge < -0.3 is 19.3 Å². The number of fused-ring (bicyclic) bond motifs is 9. The topological polar surface area (TPSA) is 24.9 Å². The molecule has 19 rings (SSSR count). The highest BCUT2D eigenvalue weighted by atomic mass is 28.3. The van der Waals surface area contributed by atoms with Crippen molar-refractivity contribution in [1.82, 2.24) is 0 Å². The van der Waals surface area contributed by atoms with E-state index in [1.54, 1.807) is 24.3 Å². The number of rotatable bonds is 18. The first-order valence-corrected chi connectivity index (χ1v) is 39.3. The smallest absolute Gasteiger partial charge is 0.180 e. The van der Waals surface area contributed by atoms with E-state index in [0.29, 0.717) is 57.1 Å². The molecule has 0 amide bonds. The number of anilines is 6. The quantitative estimate of drug-likeness (QED) is 0.0631. The highest BCUT2D eigenvalue weighted by Crippen LogP contribution is 2.60. The lowest BCUT2D eigenvalue weighted by Crippen LogP contribution is -2.72. The Kier molecular flexibility index (Phi) is 17.1. The average molecular weight is 1490 g/mol. The van der Waals surface area contributed by atoms with Gasteiger partial charge in [-0.2, -0.15) is 0 Å². The third-order valence-corrected chi connectivity index (χ3v) is 27.6. The van der Waals surface area contributed by atoms with Crippen LogP contribution in [0.2, 0.25) is 0 Å². The van der Waals surface area contributed by atoms with Gasteiger partial charge in [0.25, 0.3) is 0 Å². The van der Waals surface area contributed by atoms with E-state index in [1.807, 2.05) is 180 Å². The van der Waals surface area contributed by atoms with Gasteiger partial charge >= 0.3 is 0 Å². The predicted octanol–water partition coefficient (Wildman–Crippen LogP) is 24.4. The van der Waals surface area contributed by atoms with E-state index in [1.165, 1.54) is 36.4 Å². The van der Waals surface area contributed by atoms with E-state index >= 15 is 26.3 Å². The fourth-order valence-corrected chi connectivity index (χ4v) is 23.0. The molecule has 0 aromatic heterocycles. The maximum absolute atomic E-state index is 16.5. The van der Waals surface area contributed by atoms with Crippen LogP contribution in [0.4, 0.5) is 60.5 Å². The first-order chi connectivity index (χ1) is 55.3. The van der Waals surface area contributed by atoms with Gasteiger partial charge in [0.2, 0.25) is 0 Å². The van der Waals surface area contributed by atoms with Crippen LogP contribution in [0, 0.1) is 34.9 Å². The molecule has 11 heteroatoms. The zero-order valence-corrected chi connectivity index (χ0v) is 61.7. The first-order valence-electron chi connectivity index (χ1n) is 37.3. The zero-order valence-electron chi connectivity index (χ0n) is 60.7. The molecule has 1 heterocycles. The Bertz CT molecular complexity index is 6030. The molecule has 16 aromatic rings. The molecule has 2 atom stereocenters. The minimum absolute atomic E-state index is 0.329. The molecule has 2 aliphatic carbocycles. The number of hydrogen-bond acceptors (Lipinski definition) is 4. The molecular formula is C102H66F6N2O2Si. The Balaban J connectivity index is 0.815. The maximum atomic E-state index is 16.5. The summed E-state index contributed by atoms with van der Waals surface area (Å²) in [5.41, 5.74) is 15.3. The lowest BCUT2D eigenvalue weighted by molar-refractivity contribution is 0.482. The summed E-state index contributed by atoms with van der Waals surface area (Å²) < 4.78 is 108. The Morgan fingerprint density at radius 3 is 0.920 bits per heavy atom. The van der Waals surface area contributed by atoms with E-state index in [-0.39, 0.29) is 0 Å². The highest BCUT2D eigenvalue weighted by molar-refractivity contribution is 7.22. The van der Waals surface area contributed by atoms with Crippen LogP contribution in [0.1, 0.15) is 55.6 Å². The van der Waals surface area contributed by atoms with E-state index in [0.717, 1.165) is 122 Å². The summed E-state index contributed by atoms with van der Waals surface area (Å²) in [6, 6.07) is 115. The molecular weight excluding hydrogens is 1430 g/mol. The van der Waals surface area contributed by atoms with E-state index in [4.69, 9.17) is 9.47 Å². The fourth-order valence-electron chi connectivity index (χ4n) is 17.8. The first kappa shape index (κ1) is 69.5. The van der Waals surface area contributed by atoms with Crippen molar-refractivity contribution in [3.8, 4) is 56.4 Å². The fraction of sp³-hybridized carbons (Fsp3) is 0.0196. The lowest BCUT2D eigenvalue weighted by atomic mass is 9.67. The summed E-state index contributed by atoms with van der Waals surface area (Å²) >= 11 is 0. The van der Waals surface area contributed by atoms with Gasteiger partial charge in [-0.15, -0.1) is 0 Å². The SMILES string of the molecule is C=Cc1ccc(Oc2ccc(C3(c4ccc(F)cc4)c4ccccc4-c4ccc(N(c5ccc(F)c(F)c5)c5ccc6c(c5)-c5cc(N(c7ccc(F)c(F)c7)c7ccc8c(c7)C(c7ccc(F)cc7)(c7ccc(Oc9ccc(C=C)cc9)cc7)c7ccccc7-8)ccc5[Si]6(c5ccccc5)c5ccccc5)cc43)cc2)cc1. The molecule has 113 heavy (non-hydrogen) atoms. The van der Waals surface area contributed by atoms with Gasteiger partial charge in [0.15, 0.2) is 31.3 Å². The normalized spacial score (nSPS) is 15.0. The van der Waals surface area contributed by atoms with Crippen molar-refractivity contribution < 1.29 is 35.8 Å². The van der Waals surface area contributed by atoms with Crippen LogP contribution in [-0.2, 0) is 10.8 Å². The Morgan fingerprint density at radius 2 is 0.558 bits per heavy atom. The maximum Gasteiger partial charge on any atom is 0.180 e. The molecule has 542 valence electrons. The third kappa shape index (κ3) is 11.4. The summed E-state index contributed by atoms with van der Waals surface area (Å²) in [4.78, 5) is 3.91. The molecule has 0 bridgehead atoms. The summed E-state index contributed by atoms with van der Waals surface area (Å²) in [5, 5.41) is 4.32. The van der Waals surface area contributed by atoms with Gasteiger partial charge in [0.1, 0.15) is 34.6 Å². The predicted molar refractivity (Wildman–Crippen MR) is 446 cm³/mol. The van der Waals surface area contributed by atoms with Crippen molar-refractivity contribution in [2.75, 3.05) is 9.80 Å². The molecule has 3 aliphatic rings. The molecule has 0 saturated heterocycles. The van der Waals surface area contributed by atoms with Crippen LogP contribution in [0.15, 0.2) is 377 Å². The molecule has 0 fully saturated rings. The average Bonchev–Trinajstić information content (AvgIpc) is 1.54. The summed E-state index contributed by atoms with van der Waals surface area (Å²) in [7, 11) is -3.38. The van der Waals surface area contributed by atoms with Crippen molar-refractivity contribution in [2.24, 2.45) is 0 Å². The van der Waals surface area contributed by atoms with Crippen molar-refractivity contribution in [1.29, 1.82) is 0 Å². The van der Waals surface area contributed by atoms with Crippen LogP contribution in [0.5, 0.6) is 23.0 Å². The molecule has 0 saturated carbocycles. The van der Waals surface area contributed by atoms with Gasteiger partial charge in [-0.25, -0.2) is 26.3 Å². The number of ether oxygens (including phenoxy) is 2. The van der Waals surface area contributed by atoms with Crippen LogP contribution in [0.25, 0.3) is 45.5 Å². The second-order valence-electron chi connectivity index (χ2n) is 28.7. The van der Waals surface area contributed by atoms with Crippen LogP contribution in [0.3, 0.4) is 0 Å². The van der Waals surface area contributed by atoms with Crippen molar-refractivity contribution in [3.63, 3.8) is 0 Å². The molecule has 4 nitrogen and oxygen atoms in total. The Morgan fingerprint density at radius 1 is 0.257 bits per heavy atom. The standard InChI is InChI=1S/C102H66F6N2O2Si/c1-3-65-23-45-79(46-24-65)111-81-49-31-69(32-50-81)101(67-27-35-71(103)36-28-67)91-21-13-11-19-85(91)87-53-39-75(61-93(87)101)109(77-41-55-95(105)97(107)63-77)73-43-57-99-89(59-73)90-60-74(44-58-100(90)113(99,83-15-7-5-8-16-83)84-17-9-6-10-18-84)110(78-42-56-96(106)98(108)64-78)76-40-54-88-86-20-12-14-22-92(86)102(94(88)62-76,68-29-37-72(104)38-30-68)70-33-51-82(52-34-70)112-80-47-25-66(4-2)26-48-80/h3-64H,1-2H2. The number of benzene rings is 16. The Hall–Kier alpha value is -14.0. The lowest BCUT2D eigenvalue weighted by Gasteiger charge is -2.35. The minimum atomic E-state index is -3.38. The molecule has 1 aliphatic heterocycles. The number of halogens is 6. The van der Waals surface area contributed by atoms with Gasteiger partial charge in [0.05, 0.1) is 10.8 Å². The van der Waals surface area contributed by atoms with E-state index in [9.17, 15) is 0 Å². The van der Waals surface area contributed by atoms with E-state index in [2.05, 4.69) is 147 Å². The highest BCUT2D eigenvalue weighted by Gasteiger charge is 2.51. The summed E-state index contributed by atoms with van der Waals surface area (Å²) in [6.07, 6.45) is 3.55. The van der Waals surface area contributed by atoms with Gasteiger partial charge in [0, 0.05) is 46.3 Å². The molecule has 0 spiro atoms. The Labute approximate surface area is 651 Å². The zero-order chi connectivity index (χ0) is 76.7. The summed E-state index contributed by atoms with van der Waals surface area (Å²) in [6.45, 7) is 7.80. The van der Waals surface area contributed by atoms with Crippen LogP contribution < -0.4 is 40.0 Å². The molecule has 2 unspecified atom stereocenters.